The highest BCUT2D eigenvalue weighted by molar-refractivity contribution is 5.92. The summed E-state index contributed by atoms with van der Waals surface area (Å²) < 4.78 is 10.8. The van der Waals surface area contributed by atoms with Gasteiger partial charge >= 0.3 is 11.9 Å². The van der Waals surface area contributed by atoms with Crippen LogP contribution in [0.25, 0.3) is 0 Å². The molecule has 0 aliphatic heterocycles. The molecule has 0 heterocycles. The van der Waals surface area contributed by atoms with Gasteiger partial charge in [0.1, 0.15) is 22.6 Å². The van der Waals surface area contributed by atoms with Crippen LogP contribution in [-0.2, 0) is 4.74 Å². The number of aromatic hydroxyl groups is 1. The fourth-order valence-electron chi connectivity index (χ4n) is 2.25. The van der Waals surface area contributed by atoms with E-state index in [0.717, 1.165) is 11.1 Å². The average Bonchev–Trinajstić information content (AvgIpc) is 2.53. The maximum atomic E-state index is 11.9. The summed E-state index contributed by atoms with van der Waals surface area (Å²) >= 11 is 0. The minimum absolute atomic E-state index is 0.0300. The fourth-order valence-corrected chi connectivity index (χ4v) is 2.25. The van der Waals surface area contributed by atoms with E-state index in [1.54, 1.807) is 19.1 Å². The number of benzene rings is 2. The Balaban J connectivity index is 0.000000307. The van der Waals surface area contributed by atoms with Gasteiger partial charge < -0.3 is 19.7 Å². The third-order valence-electron chi connectivity index (χ3n) is 3.45. The van der Waals surface area contributed by atoms with E-state index in [-0.39, 0.29) is 29.5 Å². The molecule has 0 saturated heterocycles. The molecule has 0 bridgehead atoms. The zero-order chi connectivity index (χ0) is 21.4. The van der Waals surface area contributed by atoms with E-state index in [4.69, 9.17) is 19.7 Å². The number of carboxylic acids is 1. The molecule has 6 heteroatoms. The van der Waals surface area contributed by atoms with Crippen molar-refractivity contribution in [3.63, 3.8) is 0 Å². The summed E-state index contributed by atoms with van der Waals surface area (Å²) in [5, 5.41) is 17.6. The van der Waals surface area contributed by atoms with Gasteiger partial charge in [0, 0.05) is 0 Å². The summed E-state index contributed by atoms with van der Waals surface area (Å²) in [5.41, 5.74) is 2.32. The lowest BCUT2D eigenvalue weighted by Gasteiger charge is -2.15. The van der Waals surface area contributed by atoms with E-state index in [0.29, 0.717) is 11.3 Å². The summed E-state index contributed by atoms with van der Waals surface area (Å²) in [5.74, 6) is -1.04. The number of rotatable bonds is 5. The highest BCUT2D eigenvalue weighted by Gasteiger charge is 2.16. The monoisotopic (exact) mass is 388 g/mol. The van der Waals surface area contributed by atoms with Crippen molar-refractivity contribution < 1.29 is 29.3 Å². The fraction of sp³-hybridized carbons (Fsp3) is 0.364. The average molecular weight is 388 g/mol. The molecular formula is C22H28O6. The van der Waals surface area contributed by atoms with E-state index < -0.39 is 5.97 Å². The van der Waals surface area contributed by atoms with E-state index in [9.17, 15) is 9.59 Å². The molecule has 0 aliphatic rings. The Bertz CT molecular complexity index is 824. The van der Waals surface area contributed by atoms with E-state index in [1.807, 2.05) is 46.8 Å². The summed E-state index contributed by atoms with van der Waals surface area (Å²) in [6.07, 6.45) is -0.0990. The molecule has 6 nitrogen and oxygen atoms in total. The van der Waals surface area contributed by atoms with Crippen LogP contribution in [0.2, 0.25) is 0 Å². The van der Waals surface area contributed by atoms with Crippen LogP contribution in [0.4, 0.5) is 0 Å². The number of carboxylic acid groups (broad SMARTS) is 1. The molecule has 0 aliphatic carbocycles. The molecular weight excluding hydrogens is 360 g/mol. The van der Waals surface area contributed by atoms with E-state index >= 15 is 0 Å². The number of carbonyl (C=O) groups excluding carboxylic acids is 1. The molecule has 0 amide bonds. The van der Waals surface area contributed by atoms with Gasteiger partial charge in [-0.05, 0) is 76.9 Å². The second-order valence-corrected chi connectivity index (χ2v) is 6.95. The van der Waals surface area contributed by atoms with Gasteiger partial charge in [-0.2, -0.15) is 0 Å². The number of aryl methyl sites for hydroxylation is 2. The molecule has 28 heavy (non-hydrogen) atoms. The van der Waals surface area contributed by atoms with Gasteiger partial charge in [-0.3, -0.25) is 0 Å². The Kier molecular flexibility index (Phi) is 8.51. The molecule has 2 aromatic carbocycles. The topological polar surface area (TPSA) is 93.1 Å². The number of hydrogen-bond donors (Lipinski definition) is 2. The highest BCUT2D eigenvalue weighted by Crippen LogP contribution is 2.23. The second kappa shape index (κ2) is 10.3. The first-order chi connectivity index (χ1) is 13.0. The molecule has 2 aromatic rings. The van der Waals surface area contributed by atoms with Gasteiger partial charge in [-0.25, -0.2) is 9.59 Å². The molecule has 2 rings (SSSR count). The SMILES string of the molecule is Cc1ccc(C(=O)O)c(O)c1.Cc1ccc(C(=O)OC(C)C)c(OC(C)C)c1. The summed E-state index contributed by atoms with van der Waals surface area (Å²) in [7, 11) is 0. The zero-order valence-corrected chi connectivity index (χ0v) is 17.1. The zero-order valence-electron chi connectivity index (χ0n) is 17.1. The van der Waals surface area contributed by atoms with Crippen molar-refractivity contribution in [2.75, 3.05) is 0 Å². The van der Waals surface area contributed by atoms with Crippen molar-refractivity contribution in [3.8, 4) is 11.5 Å². The van der Waals surface area contributed by atoms with Crippen LogP contribution in [0.1, 0.15) is 59.5 Å². The van der Waals surface area contributed by atoms with Crippen molar-refractivity contribution in [2.45, 2.75) is 53.8 Å². The van der Waals surface area contributed by atoms with Gasteiger partial charge in [0.15, 0.2) is 0 Å². The summed E-state index contributed by atoms with van der Waals surface area (Å²) in [4.78, 5) is 22.2. The number of ether oxygens (including phenoxy) is 2. The van der Waals surface area contributed by atoms with Gasteiger partial charge in [-0.1, -0.05) is 12.1 Å². The van der Waals surface area contributed by atoms with Crippen molar-refractivity contribution in [1.29, 1.82) is 0 Å². The number of carbonyl (C=O) groups is 2. The minimum atomic E-state index is -1.11. The van der Waals surface area contributed by atoms with Crippen LogP contribution in [-0.4, -0.2) is 34.4 Å². The predicted molar refractivity (Wildman–Crippen MR) is 107 cm³/mol. The van der Waals surface area contributed by atoms with Crippen molar-refractivity contribution in [2.24, 2.45) is 0 Å². The van der Waals surface area contributed by atoms with Crippen molar-refractivity contribution in [1.82, 2.24) is 0 Å². The molecule has 0 spiro atoms. The molecule has 0 saturated carbocycles. The largest absolute Gasteiger partial charge is 0.507 e. The van der Waals surface area contributed by atoms with E-state index in [2.05, 4.69) is 0 Å². The Morgan fingerprint density at radius 2 is 1.39 bits per heavy atom. The molecule has 152 valence electrons. The maximum Gasteiger partial charge on any atom is 0.342 e. The number of aromatic carboxylic acids is 1. The summed E-state index contributed by atoms with van der Waals surface area (Å²) in [6.45, 7) is 11.3. The standard InChI is InChI=1S/C14H20O3.C8H8O3/c1-9(2)16-13-8-11(5)6-7-12(13)14(15)17-10(3)4;1-5-2-3-6(8(10)11)7(9)4-5/h6-10H,1-5H3;2-4,9H,1H3,(H,10,11). The molecule has 0 unspecified atom stereocenters. The normalized spacial score (nSPS) is 10.3. The third-order valence-corrected chi connectivity index (χ3v) is 3.45. The van der Waals surface area contributed by atoms with Gasteiger partial charge in [0.05, 0.1) is 12.2 Å². The Morgan fingerprint density at radius 3 is 1.86 bits per heavy atom. The number of phenols is 1. The number of hydrogen-bond acceptors (Lipinski definition) is 5. The van der Waals surface area contributed by atoms with Crippen LogP contribution in [0.15, 0.2) is 36.4 Å². The Morgan fingerprint density at radius 1 is 0.857 bits per heavy atom. The van der Waals surface area contributed by atoms with Crippen LogP contribution in [0.5, 0.6) is 11.5 Å². The lowest BCUT2D eigenvalue weighted by atomic mass is 10.1. The Hall–Kier alpha value is -3.02. The third kappa shape index (κ3) is 7.31. The molecule has 0 fully saturated rings. The van der Waals surface area contributed by atoms with Crippen molar-refractivity contribution in [3.05, 3.63) is 58.7 Å². The molecule has 0 radical (unpaired) electrons. The predicted octanol–water partition coefficient (Wildman–Crippen LogP) is 4.75. The quantitative estimate of drug-likeness (QED) is 0.718. The van der Waals surface area contributed by atoms with E-state index in [1.165, 1.54) is 12.1 Å². The summed E-state index contributed by atoms with van der Waals surface area (Å²) in [6, 6.07) is 9.93. The Labute approximate surface area is 165 Å². The van der Waals surface area contributed by atoms with Gasteiger partial charge in [0.25, 0.3) is 0 Å². The lowest BCUT2D eigenvalue weighted by Crippen LogP contribution is -2.15. The first kappa shape index (κ1) is 23.0. The van der Waals surface area contributed by atoms with Crippen LogP contribution < -0.4 is 4.74 Å². The maximum absolute atomic E-state index is 11.9. The molecule has 2 N–H and O–H groups in total. The molecule has 0 atom stereocenters. The molecule has 0 aromatic heterocycles. The van der Waals surface area contributed by atoms with Crippen LogP contribution in [0, 0.1) is 13.8 Å². The first-order valence-electron chi connectivity index (χ1n) is 9.02. The smallest absolute Gasteiger partial charge is 0.342 e. The number of esters is 1. The van der Waals surface area contributed by atoms with Crippen LogP contribution in [0.3, 0.4) is 0 Å². The van der Waals surface area contributed by atoms with Gasteiger partial charge in [-0.15, -0.1) is 0 Å². The van der Waals surface area contributed by atoms with Gasteiger partial charge in [0.2, 0.25) is 0 Å². The van der Waals surface area contributed by atoms with Crippen LogP contribution >= 0.6 is 0 Å². The highest BCUT2D eigenvalue weighted by atomic mass is 16.5. The first-order valence-corrected chi connectivity index (χ1v) is 9.02. The van der Waals surface area contributed by atoms with Crippen molar-refractivity contribution >= 4 is 11.9 Å². The minimum Gasteiger partial charge on any atom is -0.507 e. The second-order valence-electron chi connectivity index (χ2n) is 6.95. The lowest BCUT2D eigenvalue weighted by molar-refractivity contribution is 0.0371.